The number of carboxylic acid groups (broad SMARTS) is 1. The van der Waals surface area contributed by atoms with Crippen molar-refractivity contribution in [1.82, 2.24) is 20.6 Å². The molecule has 0 aromatic carbocycles. The van der Waals surface area contributed by atoms with E-state index in [1.807, 2.05) is 0 Å². The minimum absolute atomic E-state index is 0.185. The number of H-pyrrole nitrogens is 1. The Bertz CT molecular complexity index is 278. The van der Waals surface area contributed by atoms with Gasteiger partial charge < -0.3 is 5.11 Å². The molecule has 64 valence electrons. The molecule has 0 amide bonds. The van der Waals surface area contributed by atoms with Gasteiger partial charge in [0.15, 0.2) is 5.82 Å². The molecule has 12 heavy (non-hydrogen) atoms. The van der Waals surface area contributed by atoms with E-state index in [0.717, 1.165) is 0 Å². The maximum absolute atomic E-state index is 10.4. The summed E-state index contributed by atoms with van der Waals surface area (Å²) in [5.74, 6) is -0.124. The molecule has 1 aromatic rings. The fraction of sp³-hybridized carbons (Fsp3) is 0.667. The highest BCUT2D eigenvalue weighted by atomic mass is 16.4. The fourth-order valence-corrected chi connectivity index (χ4v) is 1.37. The topological polar surface area (TPSA) is 91.8 Å². The predicted octanol–water partition coefficient (Wildman–Crippen LogP) is -0.222. The molecule has 0 bridgehead atoms. The standard InChI is InChI=1S/C6H8N4O2/c11-6(12)4-1-3(2-4)5-7-9-10-8-5/h3-4H,1-2H2,(H,11,12)(H,7,8,9,10). The van der Waals surface area contributed by atoms with Crippen molar-refractivity contribution in [3.63, 3.8) is 0 Å². The van der Waals surface area contributed by atoms with E-state index in [-0.39, 0.29) is 11.8 Å². The van der Waals surface area contributed by atoms with Crippen molar-refractivity contribution in [2.45, 2.75) is 18.8 Å². The van der Waals surface area contributed by atoms with Gasteiger partial charge in [-0.05, 0) is 12.8 Å². The van der Waals surface area contributed by atoms with Crippen molar-refractivity contribution < 1.29 is 9.90 Å². The van der Waals surface area contributed by atoms with E-state index in [1.165, 1.54) is 0 Å². The fourth-order valence-electron chi connectivity index (χ4n) is 1.37. The largest absolute Gasteiger partial charge is 0.481 e. The minimum Gasteiger partial charge on any atom is -0.481 e. The van der Waals surface area contributed by atoms with Crippen LogP contribution in [0.25, 0.3) is 0 Å². The van der Waals surface area contributed by atoms with Crippen LogP contribution in [-0.4, -0.2) is 31.7 Å². The van der Waals surface area contributed by atoms with Gasteiger partial charge in [-0.1, -0.05) is 5.21 Å². The van der Waals surface area contributed by atoms with Gasteiger partial charge in [0, 0.05) is 5.92 Å². The van der Waals surface area contributed by atoms with Gasteiger partial charge in [-0.3, -0.25) is 4.79 Å². The molecule has 1 aliphatic carbocycles. The van der Waals surface area contributed by atoms with Crippen LogP contribution in [0, 0.1) is 5.92 Å². The lowest BCUT2D eigenvalue weighted by Crippen LogP contribution is -2.29. The third-order valence-electron chi connectivity index (χ3n) is 2.21. The number of aromatic amines is 1. The number of hydrogen-bond acceptors (Lipinski definition) is 4. The smallest absolute Gasteiger partial charge is 0.306 e. The first-order valence-corrected chi connectivity index (χ1v) is 3.73. The Morgan fingerprint density at radius 2 is 2.33 bits per heavy atom. The van der Waals surface area contributed by atoms with Gasteiger partial charge in [0.25, 0.3) is 0 Å². The highest BCUT2D eigenvalue weighted by molar-refractivity contribution is 5.71. The van der Waals surface area contributed by atoms with Crippen molar-refractivity contribution in [3.05, 3.63) is 5.82 Å². The summed E-state index contributed by atoms with van der Waals surface area (Å²) in [5.41, 5.74) is 0. The van der Waals surface area contributed by atoms with Crippen molar-refractivity contribution in [3.8, 4) is 0 Å². The van der Waals surface area contributed by atoms with Crippen molar-refractivity contribution in [1.29, 1.82) is 0 Å². The van der Waals surface area contributed by atoms with Crippen LogP contribution < -0.4 is 0 Å². The van der Waals surface area contributed by atoms with E-state index in [4.69, 9.17) is 5.11 Å². The van der Waals surface area contributed by atoms with E-state index >= 15 is 0 Å². The highest BCUT2D eigenvalue weighted by Crippen LogP contribution is 2.39. The molecule has 1 aromatic heterocycles. The Morgan fingerprint density at radius 1 is 1.58 bits per heavy atom. The predicted molar refractivity (Wildman–Crippen MR) is 37.3 cm³/mol. The van der Waals surface area contributed by atoms with Crippen LogP contribution >= 0.6 is 0 Å². The first-order chi connectivity index (χ1) is 5.77. The maximum Gasteiger partial charge on any atom is 0.306 e. The molecule has 0 spiro atoms. The molecule has 1 fully saturated rings. The van der Waals surface area contributed by atoms with Crippen LogP contribution in [0.3, 0.4) is 0 Å². The molecule has 2 rings (SSSR count). The first kappa shape index (κ1) is 7.20. The van der Waals surface area contributed by atoms with Crippen LogP contribution in [0.5, 0.6) is 0 Å². The number of rotatable bonds is 2. The first-order valence-electron chi connectivity index (χ1n) is 3.73. The number of carboxylic acids is 1. The second kappa shape index (κ2) is 2.54. The summed E-state index contributed by atoms with van der Waals surface area (Å²) in [7, 11) is 0. The average molecular weight is 168 g/mol. The van der Waals surface area contributed by atoms with Gasteiger partial charge in [-0.15, -0.1) is 10.2 Å². The zero-order valence-corrected chi connectivity index (χ0v) is 6.27. The molecule has 0 saturated heterocycles. The number of nitrogens with one attached hydrogen (secondary N) is 1. The molecule has 0 unspecified atom stereocenters. The lowest BCUT2D eigenvalue weighted by atomic mass is 9.74. The molecule has 6 heteroatoms. The molecular weight excluding hydrogens is 160 g/mol. The summed E-state index contributed by atoms with van der Waals surface area (Å²) in [4.78, 5) is 10.4. The third-order valence-corrected chi connectivity index (χ3v) is 2.21. The lowest BCUT2D eigenvalue weighted by Gasteiger charge is -2.29. The van der Waals surface area contributed by atoms with Crippen molar-refractivity contribution >= 4 is 5.97 Å². The van der Waals surface area contributed by atoms with Gasteiger partial charge >= 0.3 is 5.97 Å². The molecule has 0 radical (unpaired) electrons. The van der Waals surface area contributed by atoms with Gasteiger partial charge in [0.05, 0.1) is 5.92 Å². The Labute approximate surface area is 68.0 Å². The van der Waals surface area contributed by atoms with Gasteiger partial charge in [-0.2, -0.15) is 5.21 Å². The van der Waals surface area contributed by atoms with Crippen molar-refractivity contribution in [2.75, 3.05) is 0 Å². The summed E-state index contributed by atoms with van der Waals surface area (Å²) in [6.07, 6.45) is 1.27. The second-order valence-corrected chi connectivity index (χ2v) is 2.97. The summed E-state index contributed by atoms with van der Waals surface area (Å²) in [6, 6.07) is 0. The Balaban J connectivity index is 1.94. The third kappa shape index (κ3) is 1.05. The zero-order valence-electron chi connectivity index (χ0n) is 6.27. The summed E-state index contributed by atoms with van der Waals surface area (Å²) in [5, 5.41) is 21.9. The van der Waals surface area contributed by atoms with E-state index in [2.05, 4.69) is 20.6 Å². The number of nitrogens with zero attached hydrogens (tertiary/aromatic N) is 3. The zero-order chi connectivity index (χ0) is 8.55. The minimum atomic E-state index is -0.727. The van der Waals surface area contributed by atoms with Crippen LogP contribution in [0.2, 0.25) is 0 Å². The quantitative estimate of drug-likeness (QED) is 0.636. The van der Waals surface area contributed by atoms with E-state index < -0.39 is 5.97 Å². The van der Waals surface area contributed by atoms with Crippen LogP contribution in [-0.2, 0) is 4.79 Å². The van der Waals surface area contributed by atoms with Crippen LogP contribution in [0.15, 0.2) is 0 Å². The number of aromatic nitrogens is 4. The van der Waals surface area contributed by atoms with Gasteiger partial charge in [0.1, 0.15) is 0 Å². The monoisotopic (exact) mass is 168 g/mol. The van der Waals surface area contributed by atoms with E-state index in [9.17, 15) is 4.79 Å². The average Bonchev–Trinajstić information content (AvgIpc) is 2.34. The van der Waals surface area contributed by atoms with E-state index in [1.54, 1.807) is 0 Å². The SMILES string of the molecule is O=C(O)C1CC(c2nn[nH]n2)C1. The van der Waals surface area contributed by atoms with Crippen LogP contribution in [0.1, 0.15) is 24.6 Å². The number of aliphatic carboxylic acids is 1. The summed E-state index contributed by atoms with van der Waals surface area (Å²) < 4.78 is 0. The molecule has 0 aliphatic heterocycles. The summed E-state index contributed by atoms with van der Waals surface area (Å²) >= 11 is 0. The van der Waals surface area contributed by atoms with Crippen molar-refractivity contribution in [2.24, 2.45) is 5.92 Å². The van der Waals surface area contributed by atoms with Crippen LogP contribution in [0.4, 0.5) is 0 Å². The Hall–Kier alpha value is -1.46. The normalized spacial score (nSPS) is 28.0. The maximum atomic E-state index is 10.4. The highest BCUT2D eigenvalue weighted by Gasteiger charge is 2.37. The molecular formula is C6H8N4O2. The summed E-state index contributed by atoms with van der Waals surface area (Å²) in [6.45, 7) is 0. The molecule has 1 heterocycles. The molecule has 0 atom stereocenters. The Kier molecular flexibility index (Phi) is 1.53. The molecule has 6 nitrogen and oxygen atoms in total. The number of carbonyl (C=O) groups is 1. The van der Waals surface area contributed by atoms with Gasteiger partial charge in [-0.25, -0.2) is 0 Å². The molecule has 2 N–H and O–H groups in total. The van der Waals surface area contributed by atoms with E-state index in [0.29, 0.717) is 18.7 Å². The number of hydrogen-bond donors (Lipinski definition) is 2. The Morgan fingerprint density at radius 3 is 2.83 bits per heavy atom. The molecule has 1 aliphatic rings. The van der Waals surface area contributed by atoms with Gasteiger partial charge in [0.2, 0.25) is 0 Å². The number of tetrazole rings is 1. The second-order valence-electron chi connectivity index (χ2n) is 2.97. The molecule has 1 saturated carbocycles. The lowest BCUT2D eigenvalue weighted by molar-refractivity contribution is -0.145.